The number of hydrogen-bond acceptors (Lipinski definition) is 5. The number of rotatable bonds is 5. The van der Waals surface area contributed by atoms with Gasteiger partial charge in [0.1, 0.15) is 11.3 Å². The minimum atomic E-state index is -3.76. The lowest BCUT2D eigenvalue weighted by Crippen LogP contribution is -2.12. The van der Waals surface area contributed by atoms with Gasteiger partial charge in [0.05, 0.1) is 10.5 Å². The standard InChI is InChI=1S/C22H20N2O4S/c1-3-15-6-11-21-19(12-15)23-22(28-21)18-13-16(7-10-20(18)25)24-29(26,27)17-8-4-14(2)5-9-17/h4-13,24-25H,3H2,1-2H3. The molecule has 0 spiro atoms. The van der Waals surface area contributed by atoms with E-state index in [1.54, 1.807) is 24.3 Å². The van der Waals surface area contributed by atoms with Crippen LogP contribution in [0.2, 0.25) is 0 Å². The number of phenolic OH excluding ortho intramolecular Hbond substituents is 1. The number of benzene rings is 3. The summed E-state index contributed by atoms with van der Waals surface area (Å²) < 4.78 is 33.6. The highest BCUT2D eigenvalue weighted by atomic mass is 32.2. The molecular weight excluding hydrogens is 388 g/mol. The first kappa shape index (κ1) is 19.0. The van der Waals surface area contributed by atoms with Crippen LogP contribution in [0.1, 0.15) is 18.1 Å². The Morgan fingerprint density at radius 1 is 1.03 bits per heavy atom. The highest BCUT2D eigenvalue weighted by molar-refractivity contribution is 7.92. The molecule has 0 aliphatic heterocycles. The maximum Gasteiger partial charge on any atom is 0.261 e. The SMILES string of the molecule is CCc1ccc2oc(-c3cc(NS(=O)(=O)c4ccc(C)cc4)ccc3O)nc2c1. The third-order valence-electron chi connectivity index (χ3n) is 4.67. The summed E-state index contributed by atoms with van der Waals surface area (Å²) >= 11 is 0. The number of nitrogens with zero attached hydrogens (tertiary/aromatic N) is 1. The van der Waals surface area contributed by atoms with Gasteiger partial charge >= 0.3 is 0 Å². The van der Waals surface area contributed by atoms with Crippen LogP contribution < -0.4 is 4.72 Å². The van der Waals surface area contributed by atoms with Crippen LogP contribution in [-0.4, -0.2) is 18.5 Å². The molecule has 4 rings (SSSR count). The van der Waals surface area contributed by atoms with E-state index in [9.17, 15) is 13.5 Å². The van der Waals surface area contributed by atoms with Crippen LogP contribution >= 0.6 is 0 Å². The van der Waals surface area contributed by atoms with Crippen molar-refractivity contribution < 1.29 is 17.9 Å². The zero-order chi connectivity index (χ0) is 20.6. The summed E-state index contributed by atoms with van der Waals surface area (Å²) in [6.07, 6.45) is 0.875. The molecule has 148 valence electrons. The van der Waals surface area contributed by atoms with Crippen LogP contribution in [0, 0.1) is 6.92 Å². The van der Waals surface area contributed by atoms with Gasteiger partial charge in [-0.25, -0.2) is 13.4 Å². The van der Waals surface area contributed by atoms with E-state index in [0.717, 1.165) is 17.5 Å². The Morgan fingerprint density at radius 3 is 2.52 bits per heavy atom. The molecule has 0 aliphatic rings. The maximum atomic E-state index is 12.6. The first-order valence-electron chi connectivity index (χ1n) is 9.18. The van der Waals surface area contributed by atoms with Crippen LogP contribution in [0.25, 0.3) is 22.6 Å². The molecule has 0 atom stereocenters. The fourth-order valence-corrected chi connectivity index (χ4v) is 4.06. The van der Waals surface area contributed by atoms with Crippen molar-refractivity contribution in [3.63, 3.8) is 0 Å². The smallest absolute Gasteiger partial charge is 0.261 e. The maximum absolute atomic E-state index is 12.6. The lowest BCUT2D eigenvalue weighted by atomic mass is 10.1. The number of anilines is 1. The Morgan fingerprint density at radius 2 is 1.79 bits per heavy atom. The number of nitrogens with one attached hydrogen (secondary N) is 1. The van der Waals surface area contributed by atoms with Gasteiger partial charge in [0.2, 0.25) is 5.89 Å². The van der Waals surface area contributed by atoms with Crippen LogP contribution in [0.4, 0.5) is 5.69 Å². The molecular formula is C22H20N2O4S. The van der Waals surface area contributed by atoms with Crippen molar-refractivity contribution in [3.05, 3.63) is 71.8 Å². The monoisotopic (exact) mass is 408 g/mol. The Balaban J connectivity index is 1.70. The van der Waals surface area contributed by atoms with Gasteiger partial charge < -0.3 is 9.52 Å². The zero-order valence-electron chi connectivity index (χ0n) is 16.0. The molecule has 0 aliphatic carbocycles. The summed E-state index contributed by atoms with van der Waals surface area (Å²) in [5.74, 6) is 0.174. The molecule has 7 heteroatoms. The van der Waals surface area contributed by atoms with Crippen LogP contribution in [0.5, 0.6) is 5.75 Å². The van der Waals surface area contributed by atoms with Gasteiger partial charge in [-0.3, -0.25) is 4.72 Å². The molecule has 0 radical (unpaired) electrons. The summed E-state index contributed by atoms with van der Waals surface area (Å²) in [4.78, 5) is 4.61. The number of aromatic nitrogens is 1. The number of hydrogen-bond donors (Lipinski definition) is 2. The quantitative estimate of drug-likeness (QED) is 0.460. The summed E-state index contributed by atoms with van der Waals surface area (Å²) in [6.45, 7) is 3.94. The second kappa shape index (κ2) is 7.25. The van der Waals surface area contributed by atoms with Gasteiger partial charge in [-0.2, -0.15) is 0 Å². The van der Waals surface area contributed by atoms with Crippen molar-refractivity contribution >= 4 is 26.8 Å². The van der Waals surface area contributed by atoms with E-state index in [1.807, 2.05) is 25.1 Å². The van der Waals surface area contributed by atoms with Crippen molar-refractivity contribution in [2.24, 2.45) is 0 Å². The Bertz CT molecular complexity index is 1290. The summed E-state index contributed by atoms with van der Waals surface area (Å²) in [7, 11) is -3.76. The van der Waals surface area contributed by atoms with Crippen LogP contribution in [0.15, 0.2) is 70.0 Å². The van der Waals surface area contributed by atoms with Gasteiger partial charge in [-0.05, 0) is 61.4 Å². The molecule has 0 bridgehead atoms. The number of fused-ring (bicyclic) bond motifs is 1. The van der Waals surface area contributed by atoms with Gasteiger partial charge in [0, 0.05) is 5.69 Å². The van der Waals surface area contributed by atoms with Gasteiger partial charge in [0.25, 0.3) is 10.0 Å². The molecule has 0 saturated heterocycles. The van der Waals surface area contributed by atoms with Crippen molar-refractivity contribution in [2.45, 2.75) is 25.2 Å². The molecule has 29 heavy (non-hydrogen) atoms. The van der Waals surface area contributed by atoms with E-state index in [1.165, 1.54) is 18.2 Å². The fraction of sp³-hybridized carbons (Fsp3) is 0.136. The largest absolute Gasteiger partial charge is 0.507 e. The summed E-state index contributed by atoms with van der Waals surface area (Å²) in [6, 6.07) is 16.7. The topological polar surface area (TPSA) is 92.4 Å². The predicted molar refractivity (Wildman–Crippen MR) is 112 cm³/mol. The molecule has 0 amide bonds. The number of oxazole rings is 1. The minimum Gasteiger partial charge on any atom is -0.507 e. The third kappa shape index (κ3) is 3.82. The van der Waals surface area contributed by atoms with E-state index in [-0.39, 0.29) is 16.5 Å². The van der Waals surface area contributed by atoms with E-state index >= 15 is 0 Å². The summed E-state index contributed by atoms with van der Waals surface area (Å²) in [5, 5.41) is 10.3. The normalized spacial score (nSPS) is 11.7. The van der Waals surface area contributed by atoms with E-state index in [2.05, 4.69) is 16.6 Å². The number of phenols is 1. The number of aryl methyl sites for hydroxylation is 2. The third-order valence-corrected chi connectivity index (χ3v) is 6.07. The molecule has 1 heterocycles. The average Bonchev–Trinajstić information content (AvgIpc) is 3.12. The summed E-state index contributed by atoms with van der Waals surface area (Å²) in [5.41, 5.74) is 3.99. The predicted octanol–water partition coefficient (Wildman–Crippen LogP) is 4.87. The first-order chi connectivity index (χ1) is 13.9. The molecule has 3 aromatic carbocycles. The van der Waals surface area contributed by atoms with E-state index in [0.29, 0.717) is 22.4 Å². The van der Waals surface area contributed by atoms with Crippen molar-refractivity contribution in [3.8, 4) is 17.2 Å². The highest BCUT2D eigenvalue weighted by Gasteiger charge is 2.17. The minimum absolute atomic E-state index is 0.0504. The molecule has 0 fully saturated rings. The number of aromatic hydroxyl groups is 1. The van der Waals surface area contributed by atoms with Gasteiger partial charge in [-0.15, -0.1) is 0 Å². The lowest BCUT2D eigenvalue weighted by Gasteiger charge is -2.10. The van der Waals surface area contributed by atoms with Crippen molar-refractivity contribution in [1.29, 1.82) is 0 Å². The van der Waals surface area contributed by atoms with Crippen molar-refractivity contribution in [1.82, 2.24) is 4.98 Å². The highest BCUT2D eigenvalue weighted by Crippen LogP contribution is 2.34. The van der Waals surface area contributed by atoms with Gasteiger partial charge in [-0.1, -0.05) is 30.7 Å². The van der Waals surface area contributed by atoms with Gasteiger partial charge in [0.15, 0.2) is 5.58 Å². The Hall–Kier alpha value is -3.32. The van der Waals surface area contributed by atoms with E-state index in [4.69, 9.17) is 4.42 Å². The second-order valence-corrected chi connectivity index (χ2v) is 8.51. The molecule has 0 saturated carbocycles. The second-order valence-electron chi connectivity index (χ2n) is 6.83. The van der Waals surface area contributed by atoms with Crippen LogP contribution in [0.3, 0.4) is 0 Å². The Kier molecular flexibility index (Phi) is 4.76. The molecule has 1 aromatic heterocycles. The fourth-order valence-electron chi connectivity index (χ4n) is 3.01. The number of sulfonamides is 1. The van der Waals surface area contributed by atoms with E-state index < -0.39 is 10.0 Å². The molecule has 2 N–H and O–H groups in total. The first-order valence-corrected chi connectivity index (χ1v) is 10.7. The van der Waals surface area contributed by atoms with Crippen LogP contribution in [-0.2, 0) is 16.4 Å². The molecule has 6 nitrogen and oxygen atoms in total. The van der Waals surface area contributed by atoms with Crippen molar-refractivity contribution in [2.75, 3.05) is 4.72 Å². The molecule has 4 aromatic rings. The average molecular weight is 408 g/mol. The molecule has 0 unspecified atom stereocenters. The zero-order valence-corrected chi connectivity index (χ0v) is 16.8. The Labute approximate surface area is 168 Å². The lowest BCUT2D eigenvalue weighted by molar-refractivity contribution is 0.474.